The lowest BCUT2D eigenvalue weighted by Gasteiger charge is -2.17. The van der Waals surface area contributed by atoms with Gasteiger partial charge in [-0.05, 0) is 25.2 Å². The van der Waals surface area contributed by atoms with Crippen LogP contribution >= 0.6 is 0 Å². The van der Waals surface area contributed by atoms with E-state index in [9.17, 15) is 5.11 Å². The van der Waals surface area contributed by atoms with Gasteiger partial charge in [-0.1, -0.05) is 19.1 Å². The van der Waals surface area contributed by atoms with Gasteiger partial charge in [0.25, 0.3) is 0 Å². The largest absolute Gasteiger partial charge is 0.393 e. The highest BCUT2D eigenvalue weighted by Gasteiger charge is 2.47. The second kappa shape index (κ2) is 7.00. The fourth-order valence-corrected chi connectivity index (χ4v) is 3.21. The van der Waals surface area contributed by atoms with E-state index < -0.39 is 12.4 Å². The van der Waals surface area contributed by atoms with Crippen LogP contribution in [-0.4, -0.2) is 55.4 Å². The van der Waals surface area contributed by atoms with Crippen molar-refractivity contribution in [3.8, 4) is 0 Å². The average Bonchev–Trinajstić information content (AvgIpc) is 3.07. The van der Waals surface area contributed by atoms with Crippen LogP contribution in [-0.2, 0) is 4.74 Å². The molecule has 2 rings (SSSR count). The molecule has 5 nitrogen and oxygen atoms in total. The third-order valence-corrected chi connectivity index (χ3v) is 4.45. The third kappa shape index (κ3) is 3.80. The van der Waals surface area contributed by atoms with Crippen molar-refractivity contribution >= 4 is 0 Å². The molecule has 116 valence electrons. The van der Waals surface area contributed by atoms with E-state index in [-0.39, 0.29) is 30.1 Å². The van der Waals surface area contributed by atoms with Crippen LogP contribution in [0.3, 0.4) is 0 Å². The van der Waals surface area contributed by atoms with E-state index in [4.69, 9.17) is 19.2 Å². The molecule has 1 saturated heterocycles. The summed E-state index contributed by atoms with van der Waals surface area (Å²) in [5.74, 6) is 0.102. The second-order valence-corrected chi connectivity index (χ2v) is 5.91. The molecular formula is C15H26O5. The number of ether oxygens (including phenoxy) is 1. The SMILES string of the molecule is [3H]OC(C=CC1C2CC(O)O[C@H]2C[C@@H]1O[3H])CCC(CC)O[3H]. The molecule has 0 bridgehead atoms. The highest BCUT2D eigenvalue weighted by Crippen LogP contribution is 2.43. The van der Waals surface area contributed by atoms with Crippen LogP contribution in [0.4, 0.5) is 0 Å². The van der Waals surface area contributed by atoms with Gasteiger partial charge in [0, 0.05) is 18.8 Å². The predicted octanol–water partition coefficient (Wildman–Crippen LogP) is 0.559. The van der Waals surface area contributed by atoms with Crippen molar-refractivity contribution in [2.45, 2.75) is 69.7 Å². The van der Waals surface area contributed by atoms with Crippen LogP contribution in [0.2, 0.25) is 0 Å². The third-order valence-electron chi connectivity index (χ3n) is 4.45. The zero-order valence-corrected chi connectivity index (χ0v) is 11.8. The van der Waals surface area contributed by atoms with Crippen molar-refractivity contribution in [1.82, 2.24) is 0 Å². The molecule has 1 aliphatic heterocycles. The van der Waals surface area contributed by atoms with E-state index in [2.05, 4.69) is 5.11 Å². The lowest BCUT2D eigenvalue weighted by Crippen LogP contribution is -2.19. The number of rotatable bonds is 9. The van der Waals surface area contributed by atoms with E-state index in [1.165, 1.54) is 0 Å². The Morgan fingerprint density at radius 1 is 1.35 bits per heavy atom. The van der Waals surface area contributed by atoms with Gasteiger partial charge in [-0.15, -0.1) is 0 Å². The molecule has 2 aliphatic rings. The quantitative estimate of drug-likeness (QED) is 0.466. The van der Waals surface area contributed by atoms with Crippen LogP contribution in [0, 0.1) is 11.8 Å². The summed E-state index contributed by atoms with van der Waals surface area (Å²) < 4.78 is 26.8. The standard InChI is InChI=1S/C15H26O5/c1-2-9(16)3-4-10(17)5-6-11-12-7-15(19)20-14(12)8-13(11)18/h5-6,9-19H,2-4,7-8H2,1H3/t9?,10?,11?,12?,13-,14-,15?/m0/s1/i16T,17T,18T. The monoisotopic (exact) mass is 292 g/mol. The molecule has 1 heterocycles. The first-order chi connectivity index (χ1) is 11.1. The Bertz CT molecular complexity index is 380. The smallest absolute Gasteiger partial charge is 0.211 e. The van der Waals surface area contributed by atoms with E-state index in [0.29, 0.717) is 25.7 Å². The molecule has 0 spiro atoms. The highest BCUT2D eigenvalue weighted by molar-refractivity contribution is 5.06. The molecule has 2 fully saturated rings. The van der Waals surface area contributed by atoms with Gasteiger partial charge in [0.2, 0.25) is 4.29 Å². The molecule has 1 aliphatic carbocycles. The highest BCUT2D eigenvalue weighted by atomic mass is 16.6. The second-order valence-electron chi connectivity index (χ2n) is 5.91. The van der Waals surface area contributed by atoms with Gasteiger partial charge in [0.05, 0.1) is 24.4 Å². The Morgan fingerprint density at radius 2 is 2.25 bits per heavy atom. The van der Waals surface area contributed by atoms with Crippen LogP contribution < -0.4 is 0 Å². The maximum Gasteiger partial charge on any atom is 0.211 e. The maximum absolute atomic E-state index is 9.61. The summed E-state index contributed by atoms with van der Waals surface area (Å²) in [5, 5.41) is 23.7. The van der Waals surface area contributed by atoms with Crippen molar-refractivity contribution in [3.63, 3.8) is 0 Å². The van der Waals surface area contributed by atoms with E-state index in [1.807, 2.05) is 19.1 Å². The van der Waals surface area contributed by atoms with Crippen LogP contribution in [0.15, 0.2) is 12.2 Å². The number of hydrogen-bond acceptors (Lipinski definition) is 5. The van der Waals surface area contributed by atoms with Crippen molar-refractivity contribution in [1.29, 1.82) is 4.29 Å². The first-order valence-corrected chi connectivity index (χ1v) is 7.50. The summed E-state index contributed by atoms with van der Waals surface area (Å²) in [4.78, 5) is 0. The summed E-state index contributed by atoms with van der Waals surface area (Å²) in [6.07, 6.45) is 5.22. The number of hydrogen-bond donors (Lipinski definition) is 4. The Kier molecular flexibility index (Phi) is 4.24. The lowest BCUT2D eigenvalue weighted by molar-refractivity contribution is -0.0949. The lowest BCUT2D eigenvalue weighted by atomic mass is 9.91. The van der Waals surface area contributed by atoms with E-state index >= 15 is 0 Å². The fourth-order valence-electron chi connectivity index (χ4n) is 3.21. The summed E-state index contributed by atoms with van der Waals surface area (Å²) in [6, 6.07) is 0. The molecule has 4 N–H and O–H groups in total. The Balaban J connectivity index is 1.92. The zero-order valence-electron chi connectivity index (χ0n) is 14.8. The van der Waals surface area contributed by atoms with Crippen molar-refractivity contribution < 1.29 is 25.2 Å². The van der Waals surface area contributed by atoms with E-state index in [1.54, 1.807) is 0 Å². The van der Waals surface area contributed by atoms with Gasteiger partial charge < -0.3 is 25.2 Å². The molecule has 5 unspecified atom stereocenters. The molecule has 20 heavy (non-hydrogen) atoms. The summed E-state index contributed by atoms with van der Waals surface area (Å²) in [6.45, 7) is 1.95. The summed E-state index contributed by atoms with van der Waals surface area (Å²) >= 11 is 0. The molecule has 0 radical (unpaired) electrons. The van der Waals surface area contributed by atoms with Crippen molar-refractivity contribution in [3.05, 3.63) is 12.2 Å². The summed E-state index contributed by atoms with van der Waals surface area (Å²) in [7, 11) is 0. The molecule has 0 aromatic carbocycles. The van der Waals surface area contributed by atoms with Crippen molar-refractivity contribution in [2.24, 2.45) is 11.8 Å². The number of fused-ring (bicyclic) bond motifs is 1. The Labute approximate surface area is 124 Å². The van der Waals surface area contributed by atoms with Crippen molar-refractivity contribution in [2.75, 3.05) is 0 Å². The molecular weight excluding hydrogens is 260 g/mol. The molecule has 0 aromatic heterocycles. The predicted molar refractivity (Wildman–Crippen MR) is 73.8 cm³/mol. The van der Waals surface area contributed by atoms with Gasteiger partial charge in [0.15, 0.2) is 6.29 Å². The molecule has 1 saturated carbocycles. The molecule has 7 atom stereocenters. The topological polar surface area (TPSA) is 90.2 Å². The number of aliphatic hydroxyl groups excluding tert-OH is 4. The summed E-state index contributed by atoms with van der Waals surface area (Å²) in [5.41, 5.74) is 0. The minimum atomic E-state index is -0.740. The van der Waals surface area contributed by atoms with Gasteiger partial charge >= 0.3 is 0 Å². The van der Waals surface area contributed by atoms with Gasteiger partial charge in [-0.3, -0.25) is 0 Å². The first kappa shape index (κ1) is 12.1. The van der Waals surface area contributed by atoms with Gasteiger partial charge in [-0.25, -0.2) is 0 Å². The normalized spacial score (nSPS) is 42.1. The van der Waals surface area contributed by atoms with Gasteiger partial charge in [0.1, 0.15) is 0 Å². The Hall–Kier alpha value is -0.460. The van der Waals surface area contributed by atoms with Crippen LogP contribution in [0.5, 0.6) is 0 Å². The first-order valence-electron chi connectivity index (χ1n) is 8.73. The van der Waals surface area contributed by atoms with Crippen LogP contribution in [0.1, 0.15) is 39.0 Å². The average molecular weight is 292 g/mol. The fraction of sp³-hybridized carbons (Fsp3) is 0.867. The molecule has 5 heteroatoms. The molecule has 0 aromatic rings. The number of aliphatic hydroxyl groups is 4. The van der Waals surface area contributed by atoms with Gasteiger partial charge in [-0.2, -0.15) is 0 Å². The van der Waals surface area contributed by atoms with Crippen LogP contribution in [0.25, 0.3) is 0 Å². The maximum atomic E-state index is 9.61. The zero-order chi connectivity index (χ0) is 16.8. The van der Waals surface area contributed by atoms with E-state index in [0.717, 1.165) is 6.42 Å². The minimum Gasteiger partial charge on any atom is -0.393 e. The minimum absolute atomic E-state index is 0.0262. The Morgan fingerprint density at radius 3 is 2.95 bits per heavy atom. The molecule has 0 amide bonds.